The van der Waals surface area contributed by atoms with Crippen LogP contribution in [-0.2, 0) is 19.6 Å². The highest BCUT2D eigenvalue weighted by molar-refractivity contribution is 7.89. The summed E-state index contributed by atoms with van der Waals surface area (Å²) in [6.07, 6.45) is 3.44. The summed E-state index contributed by atoms with van der Waals surface area (Å²) < 4.78 is 27.7. The second-order valence-corrected chi connectivity index (χ2v) is 11.0. The fraction of sp³-hybridized carbons (Fsp3) is 0.478. The molecule has 2 aliphatic rings. The highest BCUT2D eigenvalue weighted by atomic mass is 35.5. The summed E-state index contributed by atoms with van der Waals surface area (Å²) in [6, 6.07) is 8.68. The first-order chi connectivity index (χ1) is 15.2. The van der Waals surface area contributed by atoms with E-state index in [1.165, 1.54) is 18.0 Å². The Morgan fingerprint density at radius 1 is 1.06 bits per heavy atom. The van der Waals surface area contributed by atoms with Gasteiger partial charge in [-0.25, -0.2) is 8.42 Å². The van der Waals surface area contributed by atoms with Crippen LogP contribution < -0.4 is 0 Å². The number of fused-ring (bicyclic) bond motifs is 1. The highest BCUT2D eigenvalue weighted by Crippen LogP contribution is 2.28. The van der Waals surface area contributed by atoms with Crippen molar-refractivity contribution in [3.63, 3.8) is 0 Å². The third-order valence-corrected chi connectivity index (χ3v) is 8.69. The van der Waals surface area contributed by atoms with Crippen molar-refractivity contribution in [2.24, 2.45) is 0 Å². The first-order valence-corrected chi connectivity index (χ1v) is 12.8. The topological polar surface area (TPSA) is 78.0 Å². The number of hydrogen-bond acceptors (Lipinski definition) is 4. The fourth-order valence-corrected chi connectivity index (χ4v) is 6.17. The number of piperidine rings is 1. The summed E-state index contributed by atoms with van der Waals surface area (Å²) in [7, 11) is -2.45. The second-order valence-electron chi connectivity index (χ2n) is 8.57. The van der Waals surface area contributed by atoms with Crippen LogP contribution >= 0.6 is 11.6 Å². The largest absolute Gasteiger partial charge is 0.341 e. The van der Waals surface area contributed by atoms with Crippen LogP contribution in [0.3, 0.4) is 0 Å². The third-order valence-electron chi connectivity index (χ3n) is 6.59. The molecule has 4 rings (SSSR count). The van der Waals surface area contributed by atoms with Crippen LogP contribution in [0.2, 0.25) is 5.02 Å². The normalized spacial score (nSPS) is 20.9. The number of likely N-dealkylation sites (tertiary alicyclic amines) is 2. The summed E-state index contributed by atoms with van der Waals surface area (Å²) in [5, 5.41) is 2.17. The van der Waals surface area contributed by atoms with Crippen LogP contribution in [-0.4, -0.2) is 73.1 Å². The van der Waals surface area contributed by atoms with Gasteiger partial charge in [0.1, 0.15) is 12.1 Å². The van der Waals surface area contributed by atoms with Crippen molar-refractivity contribution in [1.29, 1.82) is 0 Å². The molecular formula is C23H28ClN3O4S. The molecule has 2 aromatic rings. The lowest BCUT2D eigenvalue weighted by Gasteiger charge is -2.33. The standard InChI is InChI=1S/C23H28ClN3O4S/c1-16(22(28)26-11-4-3-5-12-26)27-13-10-21(23(27)29)25(2)32(30,31)20-9-7-17-14-19(24)8-6-18(17)15-20/h6-9,14-16,21H,3-5,10-13H2,1-2H3/t16-,21-/m1/s1. The van der Waals surface area contributed by atoms with Gasteiger partial charge in [-0.05, 0) is 67.6 Å². The molecule has 0 radical (unpaired) electrons. The van der Waals surface area contributed by atoms with Crippen molar-refractivity contribution in [3.05, 3.63) is 41.4 Å². The molecule has 0 unspecified atom stereocenters. The summed E-state index contributed by atoms with van der Waals surface area (Å²) in [6.45, 7) is 3.53. The molecule has 9 heteroatoms. The Kier molecular flexibility index (Phi) is 6.47. The van der Waals surface area contributed by atoms with Gasteiger partial charge < -0.3 is 9.80 Å². The molecule has 0 bridgehead atoms. The van der Waals surface area contributed by atoms with Gasteiger partial charge >= 0.3 is 0 Å². The van der Waals surface area contributed by atoms with E-state index in [0.717, 1.165) is 47.4 Å². The maximum absolute atomic E-state index is 13.3. The second kappa shape index (κ2) is 9.00. The summed E-state index contributed by atoms with van der Waals surface area (Å²) >= 11 is 6.02. The van der Waals surface area contributed by atoms with Gasteiger partial charge in [-0.2, -0.15) is 4.31 Å². The number of likely N-dealkylation sites (N-methyl/N-ethyl adjacent to an activating group) is 1. The minimum absolute atomic E-state index is 0.0580. The Balaban J connectivity index is 1.51. The van der Waals surface area contributed by atoms with Gasteiger partial charge in [0.05, 0.1) is 4.90 Å². The number of rotatable bonds is 5. The average Bonchev–Trinajstić information content (AvgIpc) is 3.18. The fourth-order valence-electron chi connectivity index (χ4n) is 4.61. The lowest BCUT2D eigenvalue weighted by atomic mass is 10.1. The summed E-state index contributed by atoms with van der Waals surface area (Å²) in [5.74, 6) is -0.376. The number of hydrogen-bond donors (Lipinski definition) is 0. The van der Waals surface area contributed by atoms with Crippen molar-refractivity contribution in [2.75, 3.05) is 26.7 Å². The van der Waals surface area contributed by atoms with Gasteiger partial charge in [0.25, 0.3) is 0 Å². The average molecular weight is 478 g/mol. The Bertz CT molecular complexity index is 1150. The maximum atomic E-state index is 13.3. The van der Waals surface area contributed by atoms with Gasteiger partial charge in [-0.3, -0.25) is 9.59 Å². The van der Waals surface area contributed by atoms with E-state index in [0.29, 0.717) is 18.0 Å². The van der Waals surface area contributed by atoms with Crippen molar-refractivity contribution in [1.82, 2.24) is 14.1 Å². The van der Waals surface area contributed by atoms with E-state index in [9.17, 15) is 18.0 Å². The maximum Gasteiger partial charge on any atom is 0.245 e. The number of carbonyl (C=O) groups is 2. The minimum atomic E-state index is -3.89. The molecule has 2 saturated heterocycles. The zero-order chi connectivity index (χ0) is 23.0. The van der Waals surface area contributed by atoms with Crippen LogP contribution in [0, 0.1) is 0 Å². The SMILES string of the molecule is C[C@H](C(=O)N1CCCCC1)N1CC[C@@H](N(C)S(=O)(=O)c2ccc3cc(Cl)ccc3c2)C1=O. The number of benzene rings is 2. The van der Waals surface area contributed by atoms with Crippen molar-refractivity contribution in [2.45, 2.75) is 49.6 Å². The Morgan fingerprint density at radius 3 is 2.44 bits per heavy atom. The molecule has 2 atom stereocenters. The molecule has 0 spiro atoms. The van der Waals surface area contributed by atoms with Crippen LogP contribution in [0.15, 0.2) is 41.3 Å². The van der Waals surface area contributed by atoms with Crippen LogP contribution in [0.25, 0.3) is 10.8 Å². The zero-order valence-electron chi connectivity index (χ0n) is 18.3. The van der Waals surface area contributed by atoms with Crippen LogP contribution in [0.1, 0.15) is 32.6 Å². The number of sulfonamides is 1. The van der Waals surface area contributed by atoms with E-state index in [1.807, 2.05) is 4.90 Å². The molecule has 2 aromatic carbocycles. The molecule has 2 heterocycles. The monoisotopic (exact) mass is 477 g/mol. The molecule has 32 heavy (non-hydrogen) atoms. The van der Waals surface area contributed by atoms with E-state index < -0.39 is 22.1 Å². The van der Waals surface area contributed by atoms with Gasteiger partial charge in [-0.1, -0.05) is 23.7 Å². The number of amides is 2. The van der Waals surface area contributed by atoms with Gasteiger partial charge in [0.2, 0.25) is 21.8 Å². The van der Waals surface area contributed by atoms with Crippen LogP contribution in [0.4, 0.5) is 0 Å². The first kappa shape index (κ1) is 23.0. The van der Waals surface area contributed by atoms with Crippen molar-refractivity contribution < 1.29 is 18.0 Å². The summed E-state index contributed by atoms with van der Waals surface area (Å²) in [4.78, 5) is 29.5. The van der Waals surface area contributed by atoms with E-state index in [4.69, 9.17) is 11.6 Å². The quantitative estimate of drug-likeness (QED) is 0.662. The molecule has 0 aliphatic carbocycles. The third kappa shape index (κ3) is 4.23. The molecular weight excluding hydrogens is 450 g/mol. The van der Waals surface area contributed by atoms with Gasteiger partial charge in [0.15, 0.2) is 0 Å². The number of nitrogens with zero attached hydrogens (tertiary/aromatic N) is 3. The molecule has 2 aliphatic heterocycles. The highest BCUT2D eigenvalue weighted by Gasteiger charge is 2.43. The lowest BCUT2D eigenvalue weighted by molar-refractivity contribution is -0.144. The Morgan fingerprint density at radius 2 is 1.72 bits per heavy atom. The predicted octanol–water partition coefficient (Wildman–Crippen LogP) is 3.12. The van der Waals surface area contributed by atoms with Gasteiger partial charge in [-0.15, -0.1) is 0 Å². The predicted molar refractivity (Wildman–Crippen MR) is 124 cm³/mol. The molecule has 0 saturated carbocycles. The molecule has 0 N–H and O–H groups in total. The Hall–Kier alpha value is -2.16. The first-order valence-electron chi connectivity index (χ1n) is 11.0. The van der Waals surface area contributed by atoms with Gasteiger partial charge in [0, 0.05) is 31.7 Å². The smallest absolute Gasteiger partial charge is 0.245 e. The van der Waals surface area contributed by atoms with E-state index in [1.54, 1.807) is 37.3 Å². The van der Waals surface area contributed by atoms with E-state index in [-0.39, 0.29) is 16.7 Å². The molecule has 172 valence electrons. The zero-order valence-corrected chi connectivity index (χ0v) is 19.9. The Labute approximate surface area is 194 Å². The number of carbonyl (C=O) groups excluding carboxylic acids is 2. The van der Waals surface area contributed by atoms with E-state index in [2.05, 4.69) is 0 Å². The molecule has 0 aromatic heterocycles. The molecule has 2 fully saturated rings. The molecule has 2 amide bonds. The van der Waals surface area contributed by atoms with Crippen molar-refractivity contribution >= 4 is 44.2 Å². The molecule has 7 nitrogen and oxygen atoms in total. The van der Waals surface area contributed by atoms with E-state index >= 15 is 0 Å². The van der Waals surface area contributed by atoms with Crippen LogP contribution in [0.5, 0.6) is 0 Å². The lowest BCUT2D eigenvalue weighted by Crippen LogP contribution is -2.51. The minimum Gasteiger partial charge on any atom is -0.341 e. The number of halogens is 1. The van der Waals surface area contributed by atoms with Crippen molar-refractivity contribution in [3.8, 4) is 0 Å². The summed E-state index contributed by atoms with van der Waals surface area (Å²) in [5.41, 5.74) is 0.